The molecule has 1 heterocycles. The number of halogens is 4. The minimum absolute atomic E-state index is 0.127. The number of para-hydroxylation sites is 1. The zero-order chi connectivity index (χ0) is 22.8. The van der Waals surface area contributed by atoms with Crippen LogP contribution in [0.4, 0.5) is 18.9 Å². The van der Waals surface area contributed by atoms with E-state index in [0.717, 1.165) is 11.8 Å². The van der Waals surface area contributed by atoms with Crippen molar-refractivity contribution in [3.63, 3.8) is 0 Å². The van der Waals surface area contributed by atoms with Gasteiger partial charge in [-0.2, -0.15) is 18.3 Å². The molecule has 31 heavy (non-hydrogen) atoms. The number of hydrogen-bond acceptors (Lipinski definition) is 4. The van der Waals surface area contributed by atoms with Crippen molar-refractivity contribution in [2.24, 2.45) is 0 Å². The van der Waals surface area contributed by atoms with Crippen molar-refractivity contribution < 1.29 is 27.5 Å². The number of amides is 1. The molecule has 1 N–H and O–H groups in total. The monoisotopic (exact) mass is 451 g/mol. The molecule has 0 saturated carbocycles. The zero-order valence-corrected chi connectivity index (χ0v) is 17.2. The third kappa shape index (κ3) is 5.05. The van der Waals surface area contributed by atoms with E-state index in [-0.39, 0.29) is 10.6 Å². The zero-order valence-electron chi connectivity index (χ0n) is 16.5. The van der Waals surface area contributed by atoms with Gasteiger partial charge in [0, 0.05) is 5.02 Å². The van der Waals surface area contributed by atoms with E-state index in [9.17, 15) is 22.8 Å². The van der Waals surface area contributed by atoms with Gasteiger partial charge in [-0.15, -0.1) is 0 Å². The fourth-order valence-electron chi connectivity index (χ4n) is 3.01. The Bertz CT molecular complexity index is 1130. The summed E-state index contributed by atoms with van der Waals surface area (Å²) in [5.74, 6) is -1.73. The molecule has 0 atom stereocenters. The van der Waals surface area contributed by atoms with Gasteiger partial charge in [0.1, 0.15) is 5.56 Å². The van der Waals surface area contributed by atoms with Gasteiger partial charge in [0.15, 0.2) is 6.61 Å². The summed E-state index contributed by atoms with van der Waals surface area (Å²) in [6.45, 7) is 2.52. The Balaban J connectivity index is 1.71. The predicted molar refractivity (Wildman–Crippen MR) is 108 cm³/mol. The van der Waals surface area contributed by atoms with Crippen LogP contribution in [0.15, 0.2) is 48.5 Å². The molecule has 0 bridgehead atoms. The van der Waals surface area contributed by atoms with Crippen LogP contribution < -0.4 is 5.32 Å². The SMILES string of the molecule is Cc1nn(-c2ccccc2)c(C)c1C(=O)OCC(=O)Nc1ccc(Cl)cc1C(F)(F)F. The molecule has 0 radical (unpaired) electrons. The first-order valence-corrected chi connectivity index (χ1v) is 9.41. The van der Waals surface area contributed by atoms with Gasteiger partial charge in [-0.05, 0) is 44.2 Å². The molecule has 1 aromatic heterocycles. The Kier molecular flexibility index (Phi) is 6.35. The van der Waals surface area contributed by atoms with Crippen LogP contribution in [0.5, 0.6) is 0 Å². The van der Waals surface area contributed by atoms with Crippen LogP contribution in [0.2, 0.25) is 5.02 Å². The van der Waals surface area contributed by atoms with Crippen LogP contribution in [-0.4, -0.2) is 28.3 Å². The molecule has 0 aliphatic rings. The Labute approximate surface area is 180 Å². The van der Waals surface area contributed by atoms with Crippen LogP contribution in [0.1, 0.15) is 27.3 Å². The Morgan fingerprint density at radius 2 is 1.81 bits per heavy atom. The lowest BCUT2D eigenvalue weighted by Crippen LogP contribution is -2.23. The molecule has 10 heteroatoms. The third-order valence-corrected chi connectivity index (χ3v) is 4.63. The number of carbonyl (C=O) groups is 2. The Hall–Kier alpha value is -3.33. The van der Waals surface area contributed by atoms with E-state index in [0.29, 0.717) is 17.5 Å². The first-order valence-electron chi connectivity index (χ1n) is 9.03. The predicted octanol–water partition coefficient (Wildman–Crippen LogP) is 4.96. The quantitative estimate of drug-likeness (QED) is 0.557. The number of aromatic nitrogens is 2. The molecule has 3 aromatic rings. The Morgan fingerprint density at radius 1 is 1.13 bits per heavy atom. The number of alkyl halides is 3. The van der Waals surface area contributed by atoms with Gasteiger partial charge < -0.3 is 10.1 Å². The minimum atomic E-state index is -4.72. The molecule has 6 nitrogen and oxygen atoms in total. The number of rotatable bonds is 5. The normalized spacial score (nSPS) is 11.3. The topological polar surface area (TPSA) is 73.2 Å². The van der Waals surface area contributed by atoms with Crippen LogP contribution in [0.3, 0.4) is 0 Å². The first kappa shape index (κ1) is 22.4. The molecule has 2 aromatic carbocycles. The van der Waals surface area contributed by atoms with E-state index in [1.807, 2.05) is 30.3 Å². The van der Waals surface area contributed by atoms with E-state index >= 15 is 0 Å². The van der Waals surface area contributed by atoms with E-state index in [1.54, 1.807) is 18.5 Å². The van der Waals surface area contributed by atoms with Crippen LogP contribution in [-0.2, 0) is 15.7 Å². The number of benzene rings is 2. The maximum absolute atomic E-state index is 13.1. The highest BCUT2D eigenvalue weighted by atomic mass is 35.5. The van der Waals surface area contributed by atoms with Crippen molar-refractivity contribution in [2.75, 3.05) is 11.9 Å². The summed E-state index contributed by atoms with van der Waals surface area (Å²) in [5.41, 5.74) is 0.231. The fourth-order valence-corrected chi connectivity index (χ4v) is 3.18. The number of aryl methyl sites for hydroxylation is 1. The standard InChI is InChI=1S/C21H17ClF3N3O3/c1-12-19(13(2)28(27-12)15-6-4-3-5-7-15)20(30)31-11-18(29)26-17-9-8-14(22)10-16(17)21(23,24)25/h3-10H,11H2,1-2H3,(H,26,29). The van der Waals surface area contributed by atoms with E-state index in [1.165, 1.54) is 6.07 Å². The summed E-state index contributed by atoms with van der Waals surface area (Å²) in [6, 6.07) is 12.0. The average Bonchev–Trinajstić information content (AvgIpc) is 3.01. The number of nitrogens with one attached hydrogen (secondary N) is 1. The number of anilines is 1. The second-order valence-corrected chi connectivity index (χ2v) is 7.04. The molecule has 162 valence electrons. The summed E-state index contributed by atoms with van der Waals surface area (Å²) in [5, 5.41) is 6.29. The van der Waals surface area contributed by atoms with E-state index in [4.69, 9.17) is 16.3 Å². The number of nitrogens with zero attached hydrogens (tertiary/aromatic N) is 2. The highest BCUT2D eigenvalue weighted by molar-refractivity contribution is 6.30. The molecular weight excluding hydrogens is 435 g/mol. The summed E-state index contributed by atoms with van der Waals surface area (Å²) >= 11 is 5.62. The summed E-state index contributed by atoms with van der Waals surface area (Å²) in [7, 11) is 0. The van der Waals surface area contributed by atoms with Crippen LogP contribution >= 0.6 is 11.6 Å². The molecule has 0 aliphatic carbocycles. The molecule has 3 rings (SSSR count). The number of ether oxygens (including phenoxy) is 1. The van der Waals surface area contributed by atoms with Crippen molar-refractivity contribution in [2.45, 2.75) is 20.0 Å². The van der Waals surface area contributed by atoms with Gasteiger partial charge in [0.2, 0.25) is 0 Å². The minimum Gasteiger partial charge on any atom is -0.452 e. The van der Waals surface area contributed by atoms with Gasteiger partial charge >= 0.3 is 12.1 Å². The van der Waals surface area contributed by atoms with Gasteiger partial charge in [-0.3, -0.25) is 4.79 Å². The summed E-state index contributed by atoms with van der Waals surface area (Å²) in [4.78, 5) is 24.6. The smallest absolute Gasteiger partial charge is 0.418 e. The number of carbonyl (C=O) groups excluding carboxylic acids is 2. The fraction of sp³-hybridized carbons (Fsp3) is 0.190. The largest absolute Gasteiger partial charge is 0.452 e. The number of esters is 1. The highest BCUT2D eigenvalue weighted by Gasteiger charge is 2.34. The van der Waals surface area contributed by atoms with E-state index in [2.05, 4.69) is 10.4 Å². The van der Waals surface area contributed by atoms with Gasteiger partial charge in [-0.25, -0.2) is 9.48 Å². The third-order valence-electron chi connectivity index (χ3n) is 4.39. The lowest BCUT2D eigenvalue weighted by Gasteiger charge is -2.14. The van der Waals surface area contributed by atoms with E-state index < -0.39 is 35.9 Å². The highest BCUT2D eigenvalue weighted by Crippen LogP contribution is 2.36. The lowest BCUT2D eigenvalue weighted by atomic mass is 10.1. The molecule has 1 amide bonds. The van der Waals surface area contributed by atoms with Crippen molar-refractivity contribution in [1.82, 2.24) is 9.78 Å². The summed E-state index contributed by atoms with van der Waals surface area (Å²) < 4.78 is 46.0. The molecule has 0 saturated heterocycles. The van der Waals surface area contributed by atoms with Gasteiger partial charge in [0.05, 0.1) is 28.3 Å². The van der Waals surface area contributed by atoms with Crippen molar-refractivity contribution >= 4 is 29.2 Å². The Morgan fingerprint density at radius 3 is 2.45 bits per heavy atom. The van der Waals surface area contributed by atoms with Gasteiger partial charge in [0.25, 0.3) is 5.91 Å². The second kappa shape index (κ2) is 8.81. The number of hydrogen-bond donors (Lipinski definition) is 1. The molecular formula is C21H17ClF3N3O3. The second-order valence-electron chi connectivity index (χ2n) is 6.61. The first-order chi connectivity index (χ1) is 14.6. The van der Waals surface area contributed by atoms with Crippen LogP contribution in [0.25, 0.3) is 5.69 Å². The van der Waals surface area contributed by atoms with Crippen molar-refractivity contribution in [3.05, 3.63) is 76.1 Å². The average molecular weight is 452 g/mol. The molecule has 0 unspecified atom stereocenters. The van der Waals surface area contributed by atoms with Crippen LogP contribution in [0, 0.1) is 13.8 Å². The lowest BCUT2D eigenvalue weighted by molar-refractivity contribution is -0.137. The maximum atomic E-state index is 13.1. The molecule has 0 aliphatic heterocycles. The van der Waals surface area contributed by atoms with Gasteiger partial charge in [-0.1, -0.05) is 29.8 Å². The summed E-state index contributed by atoms with van der Waals surface area (Å²) in [6.07, 6.45) is -4.72. The molecule has 0 spiro atoms. The molecule has 0 fully saturated rings. The van der Waals surface area contributed by atoms with Crippen molar-refractivity contribution in [3.8, 4) is 5.69 Å². The maximum Gasteiger partial charge on any atom is 0.418 e. The van der Waals surface area contributed by atoms with Crippen molar-refractivity contribution in [1.29, 1.82) is 0 Å².